The van der Waals surface area contributed by atoms with Crippen molar-refractivity contribution in [1.82, 2.24) is 0 Å². The molecule has 0 spiro atoms. The third-order valence-electron chi connectivity index (χ3n) is 5.28. The zero-order valence-electron chi connectivity index (χ0n) is 17.9. The number of amides is 1. The Bertz CT molecular complexity index is 1080. The Morgan fingerprint density at radius 1 is 0.839 bits per heavy atom. The fourth-order valence-corrected chi connectivity index (χ4v) is 4.85. The highest BCUT2D eigenvalue weighted by Crippen LogP contribution is 2.27. The number of benzene rings is 3. The molecule has 0 radical (unpaired) electrons. The Balaban J connectivity index is 1.88. The van der Waals surface area contributed by atoms with E-state index in [4.69, 9.17) is 0 Å². The SMILES string of the molecule is CCC(CC)C(=O)Nc1ccc(S(=O)(=O)N(Cc2ccccc2)c2ccccc2)cc1. The van der Waals surface area contributed by atoms with E-state index in [1.54, 1.807) is 36.4 Å². The van der Waals surface area contributed by atoms with Crippen LogP contribution in [-0.4, -0.2) is 14.3 Å². The van der Waals surface area contributed by atoms with E-state index in [9.17, 15) is 13.2 Å². The molecule has 3 rings (SSSR count). The van der Waals surface area contributed by atoms with Gasteiger partial charge in [0, 0.05) is 11.6 Å². The number of rotatable bonds is 9. The van der Waals surface area contributed by atoms with Crippen LogP contribution in [0, 0.1) is 5.92 Å². The van der Waals surface area contributed by atoms with E-state index in [-0.39, 0.29) is 23.3 Å². The summed E-state index contributed by atoms with van der Waals surface area (Å²) < 4.78 is 28.4. The quantitative estimate of drug-likeness (QED) is 0.485. The summed E-state index contributed by atoms with van der Waals surface area (Å²) in [6.07, 6.45) is 1.53. The molecule has 3 aromatic carbocycles. The Labute approximate surface area is 184 Å². The van der Waals surface area contributed by atoms with Crippen LogP contribution in [0.4, 0.5) is 11.4 Å². The fraction of sp³-hybridized carbons (Fsp3) is 0.240. The molecule has 0 saturated heterocycles. The minimum atomic E-state index is -3.80. The van der Waals surface area contributed by atoms with Crippen molar-refractivity contribution in [3.05, 3.63) is 90.5 Å². The van der Waals surface area contributed by atoms with Crippen molar-refractivity contribution in [1.29, 1.82) is 0 Å². The lowest BCUT2D eigenvalue weighted by Gasteiger charge is -2.25. The Kier molecular flexibility index (Phi) is 7.47. The van der Waals surface area contributed by atoms with Crippen LogP contribution in [0.3, 0.4) is 0 Å². The van der Waals surface area contributed by atoms with E-state index in [1.807, 2.05) is 62.4 Å². The summed E-state index contributed by atoms with van der Waals surface area (Å²) in [5, 5.41) is 2.88. The number of nitrogens with one attached hydrogen (secondary N) is 1. The summed E-state index contributed by atoms with van der Waals surface area (Å²) in [5.41, 5.74) is 2.08. The average molecular weight is 437 g/mol. The van der Waals surface area contributed by atoms with Crippen molar-refractivity contribution in [2.45, 2.75) is 38.1 Å². The van der Waals surface area contributed by atoms with Gasteiger partial charge in [0.15, 0.2) is 0 Å². The number of carbonyl (C=O) groups excluding carboxylic acids is 1. The van der Waals surface area contributed by atoms with Gasteiger partial charge in [-0.2, -0.15) is 0 Å². The van der Waals surface area contributed by atoms with Crippen LogP contribution in [0.15, 0.2) is 89.8 Å². The molecule has 0 aliphatic carbocycles. The molecule has 0 atom stereocenters. The van der Waals surface area contributed by atoms with Gasteiger partial charge in [-0.3, -0.25) is 9.10 Å². The van der Waals surface area contributed by atoms with Gasteiger partial charge in [-0.1, -0.05) is 62.4 Å². The van der Waals surface area contributed by atoms with E-state index in [2.05, 4.69) is 5.32 Å². The Hall–Kier alpha value is -3.12. The van der Waals surface area contributed by atoms with Gasteiger partial charge >= 0.3 is 0 Å². The maximum absolute atomic E-state index is 13.5. The summed E-state index contributed by atoms with van der Waals surface area (Å²) in [7, 11) is -3.80. The first-order valence-electron chi connectivity index (χ1n) is 10.5. The minimum Gasteiger partial charge on any atom is -0.326 e. The molecule has 0 unspecified atom stereocenters. The normalized spacial score (nSPS) is 11.3. The van der Waals surface area contributed by atoms with Crippen LogP contribution < -0.4 is 9.62 Å². The highest BCUT2D eigenvalue weighted by molar-refractivity contribution is 7.92. The molecule has 0 heterocycles. The van der Waals surface area contributed by atoms with Gasteiger partial charge in [-0.05, 0) is 54.8 Å². The van der Waals surface area contributed by atoms with Gasteiger partial charge in [-0.15, -0.1) is 0 Å². The first-order valence-corrected chi connectivity index (χ1v) is 11.9. The molecule has 0 aliphatic rings. The van der Waals surface area contributed by atoms with Crippen molar-refractivity contribution in [2.75, 3.05) is 9.62 Å². The van der Waals surface area contributed by atoms with Gasteiger partial charge in [0.1, 0.15) is 0 Å². The topological polar surface area (TPSA) is 66.5 Å². The number of sulfonamides is 1. The number of para-hydroxylation sites is 1. The summed E-state index contributed by atoms with van der Waals surface area (Å²) in [6.45, 7) is 4.18. The second-order valence-corrected chi connectivity index (χ2v) is 9.22. The molecule has 162 valence electrons. The van der Waals surface area contributed by atoms with Crippen LogP contribution in [0.1, 0.15) is 32.3 Å². The van der Waals surface area contributed by atoms with Crippen LogP contribution in [0.2, 0.25) is 0 Å². The summed E-state index contributed by atoms with van der Waals surface area (Å²) >= 11 is 0. The minimum absolute atomic E-state index is 0.0457. The Morgan fingerprint density at radius 3 is 1.94 bits per heavy atom. The molecule has 0 aromatic heterocycles. The summed E-state index contributed by atoms with van der Waals surface area (Å²) in [6, 6.07) is 24.9. The number of anilines is 2. The lowest BCUT2D eigenvalue weighted by molar-refractivity contribution is -0.120. The van der Waals surface area contributed by atoms with Crippen molar-refractivity contribution >= 4 is 27.3 Å². The smallest absolute Gasteiger partial charge is 0.264 e. The first-order chi connectivity index (χ1) is 15.0. The first kappa shape index (κ1) is 22.6. The van der Waals surface area contributed by atoms with Crippen molar-refractivity contribution in [3.8, 4) is 0 Å². The molecule has 1 amide bonds. The van der Waals surface area contributed by atoms with E-state index in [0.29, 0.717) is 11.4 Å². The van der Waals surface area contributed by atoms with Crippen LogP contribution in [-0.2, 0) is 21.4 Å². The monoisotopic (exact) mass is 436 g/mol. The zero-order valence-corrected chi connectivity index (χ0v) is 18.7. The molecule has 0 saturated carbocycles. The third kappa shape index (κ3) is 5.52. The van der Waals surface area contributed by atoms with Crippen LogP contribution in [0.5, 0.6) is 0 Å². The number of hydrogen-bond donors (Lipinski definition) is 1. The van der Waals surface area contributed by atoms with Crippen molar-refractivity contribution < 1.29 is 13.2 Å². The van der Waals surface area contributed by atoms with Gasteiger partial charge in [0.2, 0.25) is 5.91 Å². The molecule has 0 aliphatic heterocycles. The van der Waals surface area contributed by atoms with Crippen LogP contribution in [0.25, 0.3) is 0 Å². The highest BCUT2D eigenvalue weighted by Gasteiger charge is 2.25. The van der Waals surface area contributed by atoms with Crippen molar-refractivity contribution in [2.24, 2.45) is 5.92 Å². The third-order valence-corrected chi connectivity index (χ3v) is 7.07. The molecular weight excluding hydrogens is 408 g/mol. The zero-order chi connectivity index (χ0) is 22.3. The van der Waals surface area contributed by atoms with E-state index < -0.39 is 10.0 Å². The second-order valence-electron chi connectivity index (χ2n) is 7.36. The summed E-state index contributed by atoms with van der Waals surface area (Å²) in [5.74, 6) is -0.0987. The van der Waals surface area contributed by atoms with Gasteiger partial charge < -0.3 is 5.32 Å². The molecule has 1 N–H and O–H groups in total. The lowest BCUT2D eigenvalue weighted by Crippen LogP contribution is -2.30. The average Bonchev–Trinajstić information content (AvgIpc) is 2.80. The predicted octanol–water partition coefficient (Wildman–Crippen LogP) is 5.46. The predicted molar refractivity (Wildman–Crippen MR) is 125 cm³/mol. The second kappa shape index (κ2) is 10.3. The number of hydrogen-bond acceptors (Lipinski definition) is 3. The molecule has 0 fully saturated rings. The van der Waals surface area contributed by atoms with E-state index in [1.165, 1.54) is 4.31 Å². The van der Waals surface area contributed by atoms with Gasteiger partial charge in [-0.25, -0.2) is 8.42 Å². The standard InChI is InChI=1S/C25H28N2O3S/c1-3-21(4-2)25(28)26-22-15-17-24(18-16-22)31(29,30)27(23-13-9-6-10-14-23)19-20-11-7-5-8-12-20/h5-18,21H,3-4,19H2,1-2H3,(H,26,28). The lowest BCUT2D eigenvalue weighted by atomic mass is 10.0. The molecule has 5 nitrogen and oxygen atoms in total. The molecular formula is C25H28N2O3S. The number of nitrogens with zero attached hydrogens (tertiary/aromatic N) is 1. The number of carbonyl (C=O) groups is 1. The molecule has 6 heteroatoms. The fourth-order valence-electron chi connectivity index (χ4n) is 3.40. The van der Waals surface area contributed by atoms with E-state index in [0.717, 1.165) is 18.4 Å². The molecule has 3 aromatic rings. The molecule has 0 bridgehead atoms. The molecule has 31 heavy (non-hydrogen) atoms. The highest BCUT2D eigenvalue weighted by atomic mass is 32.2. The maximum atomic E-state index is 13.5. The largest absolute Gasteiger partial charge is 0.326 e. The van der Waals surface area contributed by atoms with Gasteiger partial charge in [0.05, 0.1) is 17.1 Å². The summed E-state index contributed by atoms with van der Waals surface area (Å²) in [4.78, 5) is 12.5. The van der Waals surface area contributed by atoms with Crippen LogP contribution >= 0.6 is 0 Å². The van der Waals surface area contributed by atoms with Crippen molar-refractivity contribution in [3.63, 3.8) is 0 Å². The van der Waals surface area contributed by atoms with Gasteiger partial charge in [0.25, 0.3) is 10.0 Å². The maximum Gasteiger partial charge on any atom is 0.264 e. The Morgan fingerprint density at radius 2 is 1.39 bits per heavy atom. The van der Waals surface area contributed by atoms with E-state index >= 15 is 0 Å².